The van der Waals surface area contributed by atoms with Crippen LogP contribution >= 0.6 is 11.3 Å². The fourth-order valence-corrected chi connectivity index (χ4v) is 7.33. The summed E-state index contributed by atoms with van der Waals surface area (Å²) in [5.74, 6) is -5.44. The summed E-state index contributed by atoms with van der Waals surface area (Å²) in [6.07, 6.45) is -6.67. The number of halogens is 7. The van der Waals surface area contributed by atoms with Gasteiger partial charge in [0.25, 0.3) is 6.43 Å². The predicted molar refractivity (Wildman–Crippen MR) is 173 cm³/mol. The number of hydrogen-bond acceptors (Lipinski definition) is 11. The topological polar surface area (TPSA) is 159 Å². The van der Waals surface area contributed by atoms with Crippen molar-refractivity contribution in [2.75, 3.05) is 30.4 Å². The number of nitrogen functional groups attached to an aromatic ring is 2. The van der Waals surface area contributed by atoms with Crippen LogP contribution in [0, 0.1) is 23.0 Å². The molecule has 0 amide bonds. The van der Waals surface area contributed by atoms with Crippen molar-refractivity contribution >= 4 is 49.0 Å². The second-order valence-electron chi connectivity index (χ2n) is 11.7. The number of likely N-dealkylation sites (N-methyl/N-ethyl adjacent to an activating group) is 1. The number of pyridine rings is 1. The van der Waals surface area contributed by atoms with Gasteiger partial charge in [-0.2, -0.15) is 28.4 Å². The molecule has 0 saturated carbocycles. The molecule has 50 heavy (non-hydrogen) atoms. The zero-order chi connectivity index (χ0) is 36.2. The van der Waals surface area contributed by atoms with Gasteiger partial charge in [-0.05, 0) is 51.1 Å². The Morgan fingerprint density at radius 2 is 1.90 bits per heavy atom. The quantitative estimate of drug-likeness (QED) is 0.121. The number of likely N-dealkylation sites (tertiary alicyclic amines) is 1. The first kappa shape index (κ1) is 34.7. The number of benzene rings is 2. The molecule has 0 spiro atoms. The van der Waals surface area contributed by atoms with Gasteiger partial charge in [-0.3, -0.25) is 4.90 Å². The number of nitrogens with zero attached hydrogens (tertiary/aromatic N) is 5. The van der Waals surface area contributed by atoms with Crippen molar-refractivity contribution in [2.45, 2.75) is 50.6 Å². The number of ether oxygens (including phenoxy) is 1. The largest absolute Gasteiger partial charge is 0.506 e. The Morgan fingerprint density at radius 3 is 2.52 bits per heavy atom. The van der Waals surface area contributed by atoms with Crippen molar-refractivity contribution in [3.8, 4) is 29.0 Å². The third-order valence-electron chi connectivity index (χ3n) is 8.68. The zero-order valence-corrected chi connectivity index (χ0v) is 26.9. The number of fused-ring (bicyclic) bond motifs is 2. The van der Waals surface area contributed by atoms with Gasteiger partial charge in [0.05, 0.1) is 15.6 Å². The van der Waals surface area contributed by atoms with Crippen LogP contribution in [0.2, 0.25) is 0 Å². The normalized spacial score (nSPS) is 16.6. The molecule has 0 radical (unpaired) electrons. The minimum atomic E-state index is -5.51. The van der Waals surface area contributed by atoms with E-state index in [1.165, 1.54) is 18.3 Å². The Kier molecular flexibility index (Phi) is 8.99. The van der Waals surface area contributed by atoms with Crippen molar-refractivity contribution in [1.82, 2.24) is 19.9 Å². The van der Waals surface area contributed by atoms with Crippen molar-refractivity contribution in [3.63, 3.8) is 0 Å². The molecular formula is C32H27F7N8O2S. The minimum Gasteiger partial charge on any atom is -0.506 e. The maximum Gasteiger partial charge on any atom is 0.420 e. The molecule has 4 heterocycles. The van der Waals surface area contributed by atoms with E-state index in [0.29, 0.717) is 17.8 Å². The van der Waals surface area contributed by atoms with E-state index < -0.39 is 92.5 Å². The van der Waals surface area contributed by atoms with Gasteiger partial charge >= 0.3 is 12.2 Å². The number of aromatic nitrogens is 3. The molecule has 18 heteroatoms. The van der Waals surface area contributed by atoms with Crippen molar-refractivity contribution in [2.24, 2.45) is 0 Å². The maximum atomic E-state index is 17.0. The lowest BCUT2D eigenvalue weighted by Gasteiger charge is -2.27. The first-order chi connectivity index (χ1) is 23.6. The molecule has 0 bridgehead atoms. The molecule has 0 aliphatic carbocycles. The van der Waals surface area contributed by atoms with Crippen molar-refractivity contribution in [3.05, 3.63) is 58.8 Å². The number of nitrogens with one attached hydrogen (secondary N) is 1. The van der Waals surface area contributed by atoms with E-state index in [1.807, 2.05) is 11.9 Å². The number of hydrogen-bond donors (Lipinski definition) is 4. The molecule has 5 aromatic rings. The molecule has 262 valence electrons. The Morgan fingerprint density at radius 1 is 1.16 bits per heavy atom. The molecule has 1 aliphatic heterocycles. The first-order valence-electron chi connectivity index (χ1n) is 15.0. The summed E-state index contributed by atoms with van der Waals surface area (Å²) in [4.78, 5) is 13.9. The van der Waals surface area contributed by atoms with Crippen LogP contribution in [0.1, 0.15) is 42.5 Å². The number of thiophene rings is 1. The Hall–Kier alpha value is -5.15. The van der Waals surface area contributed by atoms with Crippen LogP contribution in [0.4, 0.5) is 47.4 Å². The van der Waals surface area contributed by atoms with Crippen LogP contribution in [0.5, 0.6) is 11.8 Å². The number of rotatable bonds is 8. The van der Waals surface area contributed by atoms with Gasteiger partial charge in [0.15, 0.2) is 5.82 Å². The lowest BCUT2D eigenvalue weighted by Crippen LogP contribution is -2.38. The molecule has 6 N–H and O–H groups in total. The number of alkyl halides is 5. The van der Waals surface area contributed by atoms with Gasteiger partial charge in [-0.15, -0.1) is 11.3 Å². The number of phenols is 1. The SMILES string of the molecule is C[C@H](Oc1nc(N[C@@H](c2cccnc2N)C(F)F)c2c(O)c(C(F)(F)F)c(-c3ccc(F)c4sc(N)c(C#N)c34)c(F)c2n1)[C@@H]1CCCN1C. The third kappa shape index (κ3) is 5.89. The lowest BCUT2D eigenvalue weighted by molar-refractivity contribution is -0.138. The van der Waals surface area contributed by atoms with Gasteiger partial charge < -0.3 is 26.6 Å². The van der Waals surface area contributed by atoms with Crippen molar-refractivity contribution in [1.29, 1.82) is 5.26 Å². The Balaban J connectivity index is 1.68. The zero-order valence-electron chi connectivity index (χ0n) is 26.1. The van der Waals surface area contributed by atoms with Crippen LogP contribution in [0.15, 0.2) is 30.5 Å². The first-order valence-corrected chi connectivity index (χ1v) is 15.8. The molecule has 3 atom stereocenters. The summed E-state index contributed by atoms with van der Waals surface area (Å²) in [6.45, 7) is 2.40. The fraction of sp³-hybridized carbons (Fsp3) is 0.312. The minimum absolute atomic E-state index is 0.169. The molecule has 1 fully saturated rings. The summed E-state index contributed by atoms with van der Waals surface area (Å²) in [7, 11) is 1.84. The Labute approximate surface area is 283 Å². The van der Waals surface area contributed by atoms with E-state index in [0.717, 1.165) is 25.1 Å². The number of phenolic OH excluding ortho intramolecular Hbond substituents is 1. The number of aromatic hydroxyl groups is 1. The van der Waals surface area contributed by atoms with Crippen LogP contribution in [0.3, 0.4) is 0 Å². The summed E-state index contributed by atoms with van der Waals surface area (Å²) in [5.41, 5.74) is 6.22. The second-order valence-corrected chi connectivity index (χ2v) is 12.7. The van der Waals surface area contributed by atoms with Gasteiger partial charge in [0.2, 0.25) is 0 Å². The van der Waals surface area contributed by atoms with E-state index in [2.05, 4.69) is 20.3 Å². The highest BCUT2D eigenvalue weighted by Gasteiger charge is 2.43. The highest BCUT2D eigenvalue weighted by atomic mass is 32.1. The van der Waals surface area contributed by atoms with Crippen LogP contribution < -0.4 is 21.5 Å². The summed E-state index contributed by atoms with van der Waals surface area (Å²) >= 11 is 0.566. The number of nitriles is 1. The van der Waals surface area contributed by atoms with Gasteiger partial charge in [0.1, 0.15) is 57.5 Å². The van der Waals surface area contributed by atoms with E-state index in [9.17, 15) is 36.7 Å². The molecule has 2 aromatic carbocycles. The smallest absolute Gasteiger partial charge is 0.420 e. The highest BCUT2D eigenvalue weighted by Crippen LogP contribution is 2.52. The van der Waals surface area contributed by atoms with Crippen LogP contribution in [0.25, 0.3) is 32.1 Å². The van der Waals surface area contributed by atoms with Gasteiger partial charge in [-0.25, -0.2) is 22.5 Å². The van der Waals surface area contributed by atoms with E-state index in [4.69, 9.17) is 16.2 Å². The molecule has 10 nitrogen and oxygen atoms in total. The van der Waals surface area contributed by atoms with Gasteiger partial charge in [-0.1, -0.05) is 12.1 Å². The monoisotopic (exact) mass is 720 g/mol. The Bertz CT molecular complexity index is 2170. The number of anilines is 3. The van der Waals surface area contributed by atoms with E-state index in [-0.39, 0.29) is 27.1 Å². The summed E-state index contributed by atoms with van der Waals surface area (Å²) in [6, 6.07) is 2.96. The van der Waals surface area contributed by atoms with Gasteiger partial charge in [0, 0.05) is 28.8 Å². The average Bonchev–Trinajstić information content (AvgIpc) is 3.64. The highest BCUT2D eigenvalue weighted by molar-refractivity contribution is 7.23. The second kappa shape index (κ2) is 12.9. The van der Waals surface area contributed by atoms with E-state index in [1.54, 1.807) is 13.0 Å². The molecule has 1 saturated heterocycles. The summed E-state index contributed by atoms with van der Waals surface area (Å²) < 4.78 is 111. The van der Waals surface area contributed by atoms with E-state index >= 15 is 4.39 Å². The average molecular weight is 721 g/mol. The fourth-order valence-electron chi connectivity index (χ4n) is 6.38. The maximum absolute atomic E-state index is 17.0. The lowest BCUT2D eigenvalue weighted by atomic mass is 9.91. The molecule has 1 aliphatic rings. The van der Waals surface area contributed by atoms with Crippen LogP contribution in [-0.2, 0) is 6.18 Å². The number of nitrogens with two attached hydrogens (primary N) is 2. The molecule has 3 aromatic heterocycles. The predicted octanol–water partition coefficient (Wildman–Crippen LogP) is 7.22. The third-order valence-corrected chi connectivity index (χ3v) is 9.71. The molecule has 0 unspecified atom stereocenters. The molecular weight excluding hydrogens is 693 g/mol. The van der Waals surface area contributed by atoms with Crippen LogP contribution in [-0.4, -0.2) is 57.1 Å². The standard InChI is InChI=1S/C32H27F7N8O2S/c1-12(17-6-4-10-47(17)2)49-31-45-24-20(30(46-31)44-23(27(35)36)14-5-3-9-43-28(14)41)25(48)21(32(37,38)39)19(22(24)34)13-7-8-16(33)26-18(13)15(11-40)29(42)50-26/h3,5,7-9,12,17,23,27,48H,4,6,10,42H2,1-2H3,(H2,41,43)(H,44,45,46)/t12-,17-,23-/m0/s1. The summed E-state index contributed by atoms with van der Waals surface area (Å²) in [5, 5.41) is 21.8. The molecule has 6 rings (SSSR count). The van der Waals surface area contributed by atoms with Crippen molar-refractivity contribution < 1.29 is 40.6 Å².